The molecule has 112 valence electrons. The van der Waals surface area contributed by atoms with E-state index in [4.69, 9.17) is 4.74 Å². The van der Waals surface area contributed by atoms with E-state index in [0.717, 1.165) is 18.5 Å². The van der Waals surface area contributed by atoms with Crippen molar-refractivity contribution in [3.05, 3.63) is 30.3 Å². The Hall–Kier alpha value is -2.04. The van der Waals surface area contributed by atoms with E-state index in [1.165, 1.54) is 0 Å². The van der Waals surface area contributed by atoms with E-state index in [0.29, 0.717) is 19.0 Å². The molecule has 2 atom stereocenters. The minimum atomic E-state index is -0.351. The van der Waals surface area contributed by atoms with E-state index in [1.807, 2.05) is 37.3 Å². The van der Waals surface area contributed by atoms with Crippen LogP contribution in [0.5, 0.6) is 0 Å². The van der Waals surface area contributed by atoms with Crippen molar-refractivity contribution in [2.24, 2.45) is 11.8 Å². The molecule has 1 heterocycles. The lowest BCUT2D eigenvalue weighted by molar-refractivity contribution is -0.125. The zero-order valence-electron chi connectivity index (χ0n) is 12.1. The molecule has 1 aliphatic heterocycles. The summed E-state index contributed by atoms with van der Waals surface area (Å²) in [6, 6.07) is 9.42. The Morgan fingerprint density at radius 3 is 2.76 bits per heavy atom. The summed E-state index contributed by atoms with van der Waals surface area (Å²) in [5.41, 5.74) is 0.822. The van der Waals surface area contributed by atoms with Gasteiger partial charge in [-0.2, -0.15) is 0 Å². The largest absolute Gasteiger partial charge is 0.442 e. The highest BCUT2D eigenvalue weighted by Crippen LogP contribution is 2.36. The molecule has 21 heavy (non-hydrogen) atoms. The lowest BCUT2D eigenvalue weighted by Crippen LogP contribution is -2.37. The highest BCUT2D eigenvalue weighted by molar-refractivity contribution is 5.89. The summed E-state index contributed by atoms with van der Waals surface area (Å²) in [5, 5.41) is 2.90. The molecule has 2 unspecified atom stereocenters. The van der Waals surface area contributed by atoms with Gasteiger partial charge in [-0.05, 0) is 30.9 Å². The standard InChI is InChI=1S/C16H20N2O3/c1-11(12-7-8-12)15(19)17-9-14-10-18(16(20)21-14)13-5-3-2-4-6-13/h2-6,11-12,14H,7-10H2,1H3,(H,17,19). The van der Waals surface area contributed by atoms with Gasteiger partial charge in [-0.3, -0.25) is 9.69 Å². The number of anilines is 1. The molecule has 2 aliphatic rings. The van der Waals surface area contributed by atoms with Gasteiger partial charge in [-0.25, -0.2) is 4.79 Å². The normalized spacial score (nSPS) is 22.8. The smallest absolute Gasteiger partial charge is 0.414 e. The molecule has 5 heteroatoms. The second-order valence-electron chi connectivity index (χ2n) is 5.82. The second kappa shape index (κ2) is 5.76. The Morgan fingerprint density at radius 2 is 2.10 bits per heavy atom. The van der Waals surface area contributed by atoms with E-state index in [9.17, 15) is 9.59 Å². The minimum absolute atomic E-state index is 0.0618. The zero-order valence-corrected chi connectivity index (χ0v) is 12.1. The summed E-state index contributed by atoms with van der Waals surface area (Å²) in [4.78, 5) is 25.4. The number of hydrogen-bond acceptors (Lipinski definition) is 3. The quantitative estimate of drug-likeness (QED) is 0.903. The van der Waals surface area contributed by atoms with Crippen LogP contribution in [-0.2, 0) is 9.53 Å². The lowest BCUT2D eigenvalue weighted by Gasteiger charge is -2.14. The monoisotopic (exact) mass is 288 g/mol. The first-order valence-electron chi connectivity index (χ1n) is 7.46. The molecule has 1 aliphatic carbocycles. The number of carbonyl (C=O) groups is 2. The van der Waals surface area contributed by atoms with Crippen LogP contribution in [0, 0.1) is 11.8 Å². The molecule has 3 rings (SSSR count). The van der Waals surface area contributed by atoms with Crippen LogP contribution >= 0.6 is 0 Å². The zero-order chi connectivity index (χ0) is 14.8. The Morgan fingerprint density at radius 1 is 1.38 bits per heavy atom. The predicted octanol–water partition coefficient (Wildman–Crippen LogP) is 2.17. The van der Waals surface area contributed by atoms with Crippen molar-refractivity contribution < 1.29 is 14.3 Å². The van der Waals surface area contributed by atoms with Crippen LogP contribution in [0.25, 0.3) is 0 Å². The van der Waals surface area contributed by atoms with E-state index >= 15 is 0 Å². The van der Waals surface area contributed by atoms with E-state index in [1.54, 1.807) is 4.90 Å². The Bertz CT molecular complexity index is 528. The summed E-state index contributed by atoms with van der Waals surface area (Å²) in [7, 11) is 0. The number of rotatable bonds is 5. The molecule has 1 aromatic rings. The topological polar surface area (TPSA) is 58.6 Å². The lowest BCUT2D eigenvalue weighted by atomic mass is 10.1. The molecule has 1 saturated carbocycles. The van der Waals surface area contributed by atoms with E-state index in [2.05, 4.69) is 5.32 Å². The van der Waals surface area contributed by atoms with Gasteiger partial charge in [0.25, 0.3) is 0 Å². The second-order valence-corrected chi connectivity index (χ2v) is 5.82. The van der Waals surface area contributed by atoms with Crippen molar-refractivity contribution >= 4 is 17.7 Å². The fraction of sp³-hybridized carbons (Fsp3) is 0.500. The summed E-state index contributed by atoms with van der Waals surface area (Å²) < 4.78 is 5.31. The van der Waals surface area contributed by atoms with Gasteiger partial charge in [0.1, 0.15) is 6.10 Å². The maximum Gasteiger partial charge on any atom is 0.414 e. The van der Waals surface area contributed by atoms with Gasteiger partial charge in [0.2, 0.25) is 5.91 Å². The van der Waals surface area contributed by atoms with Gasteiger partial charge in [-0.1, -0.05) is 25.1 Å². The maximum absolute atomic E-state index is 11.9. The average Bonchev–Trinajstić information content (AvgIpc) is 3.28. The number of para-hydroxylation sites is 1. The summed E-state index contributed by atoms with van der Waals surface area (Å²) in [5.74, 6) is 0.663. The molecule has 2 fully saturated rings. The number of nitrogens with zero attached hydrogens (tertiary/aromatic N) is 1. The van der Waals surface area contributed by atoms with Gasteiger partial charge >= 0.3 is 6.09 Å². The Kier molecular flexibility index (Phi) is 3.82. The summed E-state index contributed by atoms with van der Waals surface area (Å²) in [6.45, 7) is 2.82. The SMILES string of the molecule is CC(C(=O)NCC1CN(c2ccccc2)C(=O)O1)C1CC1. The molecule has 0 aromatic heterocycles. The number of benzene rings is 1. The number of hydrogen-bond donors (Lipinski definition) is 1. The van der Waals surface area contributed by atoms with E-state index < -0.39 is 0 Å². The van der Waals surface area contributed by atoms with Gasteiger partial charge in [0.15, 0.2) is 0 Å². The molecule has 0 bridgehead atoms. The van der Waals surface area contributed by atoms with Crippen LogP contribution in [0.1, 0.15) is 19.8 Å². The molecule has 1 aromatic carbocycles. The van der Waals surface area contributed by atoms with Crippen LogP contribution in [0.15, 0.2) is 30.3 Å². The molecule has 2 amide bonds. The third kappa shape index (κ3) is 3.17. The van der Waals surface area contributed by atoms with Crippen molar-refractivity contribution in [3.63, 3.8) is 0 Å². The van der Waals surface area contributed by atoms with E-state index in [-0.39, 0.29) is 24.0 Å². The van der Waals surface area contributed by atoms with Crippen molar-refractivity contribution in [2.45, 2.75) is 25.9 Å². The number of carbonyl (C=O) groups excluding carboxylic acids is 2. The van der Waals surface area contributed by atoms with Crippen molar-refractivity contribution in [3.8, 4) is 0 Å². The van der Waals surface area contributed by atoms with Gasteiger partial charge in [0, 0.05) is 11.6 Å². The first-order valence-corrected chi connectivity index (χ1v) is 7.46. The minimum Gasteiger partial charge on any atom is -0.442 e. The third-order valence-electron chi connectivity index (χ3n) is 4.19. The van der Waals surface area contributed by atoms with Crippen LogP contribution in [0.2, 0.25) is 0 Å². The highest BCUT2D eigenvalue weighted by Gasteiger charge is 2.35. The van der Waals surface area contributed by atoms with Gasteiger partial charge in [0.05, 0.1) is 13.1 Å². The van der Waals surface area contributed by atoms with Crippen LogP contribution in [0.4, 0.5) is 10.5 Å². The third-order valence-corrected chi connectivity index (χ3v) is 4.19. The Balaban J connectivity index is 1.52. The van der Waals surface area contributed by atoms with Crippen LogP contribution in [0.3, 0.4) is 0 Å². The van der Waals surface area contributed by atoms with Crippen LogP contribution in [-0.4, -0.2) is 31.2 Å². The molecular formula is C16H20N2O3. The molecule has 1 N–H and O–H groups in total. The van der Waals surface area contributed by atoms with Crippen molar-refractivity contribution in [1.29, 1.82) is 0 Å². The van der Waals surface area contributed by atoms with Crippen LogP contribution < -0.4 is 10.2 Å². The molecule has 1 saturated heterocycles. The fourth-order valence-corrected chi connectivity index (χ4v) is 2.63. The average molecular weight is 288 g/mol. The van der Waals surface area contributed by atoms with Crippen molar-refractivity contribution in [2.75, 3.05) is 18.0 Å². The molecular weight excluding hydrogens is 268 g/mol. The van der Waals surface area contributed by atoms with Gasteiger partial charge < -0.3 is 10.1 Å². The molecule has 0 spiro atoms. The Labute approximate surface area is 124 Å². The first-order chi connectivity index (χ1) is 10.1. The number of nitrogens with one attached hydrogen (secondary N) is 1. The summed E-state index contributed by atoms with van der Waals surface area (Å²) >= 11 is 0. The predicted molar refractivity (Wildman–Crippen MR) is 79.0 cm³/mol. The van der Waals surface area contributed by atoms with Gasteiger partial charge in [-0.15, -0.1) is 0 Å². The number of amides is 2. The maximum atomic E-state index is 11.9. The molecule has 0 radical (unpaired) electrons. The first kappa shape index (κ1) is 13.9. The highest BCUT2D eigenvalue weighted by atomic mass is 16.6. The summed E-state index contributed by atoms with van der Waals surface area (Å²) in [6.07, 6.45) is 1.66. The van der Waals surface area contributed by atoms with Crippen molar-refractivity contribution in [1.82, 2.24) is 5.32 Å². The molecule has 5 nitrogen and oxygen atoms in total. The number of cyclic esters (lactones) is 1. The number of ether oxygens (including phenoxy) is 1. The fourth-order valence-electron chi connectivity index (χ4n) is 2.63.